The van der Waals surface area contributed by atoms with Crippen molar-refractivity contribution in [2.45, 2.75) is 124 Å². The van der Waals surface area contributed by atoms with Crippen LogP contribution in [0.15, 0.2) is 41.9 Å². The van der Waals surface area contributed by atoms with Crippen molar-refractivity contribution in [2.24, 2.45) is 29.1 Å². The summed E-state index contributed by atoms with van der Waals surface area (Å²) in [6.07, 6.45) is 3.80. The third kappa shape index (κ3) is 11.2. The second kappa shape index (κ2) is 19.8. The van der Waals surface area contributed by atoms with Crippen LogP contribution in [0.5, 0.6) is 0 Å². The fourth-order valence-corrected chi connectivity index (χ4v) is 8.13. The van der Waals surface area contributed by atoms with Crippen LogP contribution in [0.2, 0.25) is 0 Å². The SMILES string of the molecule is CC[C@H](C)[C@@H]([C@@H](CC(=O)N1CCC[C@H]1[C@H](OC)[C@@H](C)C(=O)N[C@@H](Cc1ccccc1)c1nccs1)OC)N(C)C(=O)[C@@H](CC(=O)C(C)(C)C)C(C)C. The maximum atomic E-state index is 14.2. The highest BCUT2D eigenvalue weighted by Crippen LogP contribution is 2.32. The van der Waals surface area contributed by atoms with Crippen molar-refractivity contribution in [3.05, 3.63) is 52.5 Å². The number of likely N-dealkylation sites (N-methyl/N-ethyl adjacent to an activating group) is 1. The molecule has 0 aliphatic carbocycles. The van der Waals surface area contributed by atoms with Gasteiger partial charge in [0.1, 0.15) is 10.8 Å². The van der Waals surface area contributed by atoms with Gasteiger partial charge in [-0.3, -0.25) is 19.2 Å². The van der Waals surface area contributed by atoms with Crippen molar-refractivity contribution in [1.82, 2.24) is 20.1 Å². The molecule has 1 aromatic heterocycles. The van der Waals surface area contributed by atoms with Crippen LogP contribution in [0.25, 0.3) is 0 Å². The number of rotatable bonds is 19. The Morgan fingerprint density at radius 3 is 2.25 bits per heavy atom. The molecule has 1 saturated heterocycles. The third-order valence-corrected chi connectivity index (χ3v) is 11.9. The maximum absolute atomic E-state index is 14.2. The summed E-state index contributed by atoms with van der Waals surface area (Å²) in [5, 5.41) is 5.98. The van der Waals surface area contributed by atoms with Gasteiger partial charge in [0.2, 0.25) is 17.7 Å². The highest BCUT2D eigenvalue weighted by Gasteiger charge is 2.43. The molecule has 0 bridgehead atoms. The fraction of sp³-hybridized carbons (Fsp3) is 0.683. The number of carbonyl (C=O) groups excluding carboxylic acids is 4. The number of methoxy groups -OCH3 is 2. The zero-order valence-electron chi connectivity index (χ0n) is 33.4. The van der Waals surface area contributed by atoms with Gasteiger partial charge in [-0.05, 0) is 36.7 Å². The van der Waals surface area contributed by atoms with E-state index in [0.29, 0.717) is 19.4 Å². The van der Waals surface area contributed by atoms with Crippen molar-refractivity contribution < 1.29 is 28.7 Å². The molecule has 2 heterocycles. The zero-order chi connectivity index (χ0) is 38.7. The van der Waals surface area contributed by atoms with Crippen molar-refractivity contribution in [2.75, 3.05) is 27.8 Å². The molecule has 11 heteroatoms. The number of ether oxygens (including phenoxy) is 2. The number of aromatic nitrogens is 1. The van der Waals surface area contributed by atoms with E-state index >= 15 is 0 Å². The van der Waals surface area contributed by atoms with Crippen LogP contribution in [0.1, 0.15) is 104 Å². The minimum Gasteiger partial charge on any atom is -0.379 e. The summed E-state index contributed by atoms with van der Waals surface area (Å²) in [6, 6.07) is 9.06. The average molecular weight is 741 g/mol. The van der Waals surface area contributed by atoms with Gasteiger partial charge in [-0.15, -0.1) is 11.3 Å². The number of likely N-dealkylation sites (tertiary alicyclic amines) is 1. The number of nitrogens with zero attached hydrogens (tertiary/aromatic N) is 3. The molecule has 1 fully saturated rings. The summed E-state index contributed by atoms with van der Waals surface area (Å²) in [5.41, 5.74) is 0.555. The van der Waals surface area contributed by atoms with Gasteiger partial charge in [-0.2, -0.15) is 0 Å². The number of hydrogen-bond donors (Lipinski definition) is 1. The largest absolute Gasteiger partial charge is 0.379 e. The Hall–Kier alpha value is -3.15. The maximum Gasteiger partial charge on any atom is 0.226 e. The molecule has 1 aliphatic heterocycles. The lowest BCUT2D eigenvalue weighted by Gasteiger charge is -2.41. The van der Waals surface area contributed by atoms with E-state index in [9.17, 15) is 19.2 Å². The lowest BCUT2D eigenvalue weighted by Crippen LogP contribution is -2.54. The molecule has 10 nitrogen and oxygen atoms in total. The Kier molecular flexibility index (Phi) is 16.5. The molecule has 3 amide bonds. The van der Waals surface area contributed by atoms with Crippen molar-refractivity contribution in [3.63, 3.8) is 0 Å². The number of nitrogens with one attached hydrogen (secondary N) is 1. The second-order valence-electron chi connectivity index (χ2n) is 15.9. The predicted molar refractivity (Wildman–Crippen MR) is 207 cm³/mol. The third-order valence-electron chi connectivity index (χ3n) is 11.0. The van der Waals surface area contributed by atoms with Gasteiger partial charge >= 0.3 is 0 Å². The van der Waals surface area contributed by atoms with Crippen LogP contribution in [0.4, 0.5) is 0 Å². The summed E-state index contributed by atoms with van der Waals surface area (Å²) in [5.74, 6) is -1.31. The van der Waals surface area contributed by atoms with Crippen molar-refractivity contribution >= 4 is 34.8 Å². The quantitative estimate of drug-likeness (QED) is 0.170. The van der Waals surface area contributed by atoms with E-state index in [0.717, 1.165) is 23.4 Å². The van der Waals surface area contributed by atoms with Gasteiger partial charge < -0.3 is 24.6 Å². The molecule has 52 heavy (non-hydrogen) atoms. The van der Waals surface area contributed by atoms with E-state index in [4.69, 9.17) is 9.47 Å². The molecule has 8 atom stereocenters. The first-order valence-corrected chi connectivity index (χ1v) is 19.8. The molecule has 0 unspecified atom stereocenters. The summed E-state index contributed by atoms with van der Waals surface area (Å²) in [7, 11) is 4.98. The van der Waals surface area contributed by atoms with Crippen LogP contribution in [0, 0.1) is 29.1 Å². The highest BCUT2D eigenvalue weighted by atomic mass is 32.1. The first-order chi connectivity index (χ1) is 24.5. The van der Waals surface area contributed by atoms with E-state index in [-0.39, 0.29) is 66.3 Å². The monoisotopic (exact) mass is 740 g/mol. The molecule has 1 N–H and O–H groups in total. The normalized spacial score (nSPS) is 19.0. The Bertz CT molecular complexity index is 1430. The molecular formula is C41H64N4O6S. The number of hydrogen-bond acceptors (Lipinski definition) is 8. The van der Waals surface area contributed by atoms with E-state index in [1.54, 1.807) is 32.4 Å². The zero-order valence-corrected chi connectivity index (χ0v) is 34.2. The second-order valence-corrected chi connectivity index (χ2v) is 16.9. The van der Waals surface area contributed by atoms with Crippen molar-refractivity contribution in [3.8, 4) is 0 Å². The summed E-state index contributed by atoms with van der Waals surface area (Å²) >= 11 is 1.51. The number of thiazole rings is 1. The Labute approximate surface area is 316 Å². The van der Waals surface area contributed by atoms with Crippen LogP contribution in [-0.4, -0.2) is 90.4 Å². The van der Waals surface area contributed by atoms with Crippen LogP contribution in [0.3, 0.4) is 0 Å². The Balaban J connectivity index is 1.78. The smallest absolute Gasteiger partial charge is 0.226 e. The first-order valence-electron chi connectivity index (χ1n) is 18.9. The molecule has 1 aromatic carbocycles. The van der Waals surface area contributed by atoms with Crippen molar-refractivity contribution in [1.29, 1.82) is 0 Å². The molecule has 290 valence electrons. The Morgan fingerprint density at radius 2 is 1.71 bits per heavy atom. The summed E-state index contributed by atoms with van der Waals surface area (Å²) < 4.78 is 12.1. The standard InChI is InChI=1S/C41H64N4O6S/c1-12-27(4)36(44(9)40(49)30(26(2)3)24-34(46)41(6,7)8)33(50-10)25-35(47)45-21-16-19-32(45)37(51-11)28(5)38(48)43-31(39-42-20-22-52-39)23-29-17-14-13-15-18-29/h13-15,17-18,20,22,26-28,30-33,36-37H,12,16,19,21,23-25H2,1-11H3,(H,43,48)/t27-,28+,30-,31-,32-,33+,36-,37+/m0/s1. The predicted octanol–water partition coefficient (Wildman–Crippen LogP) is 6.74. The topological polar surface area (TPSA) is 118 Å². The van der Waals surface area contributed by atoms with Gasteiger partial charge in [0, 0.05) is 57.1 Å². The molecule has 0 radical (unpaired) electrons. The number of Topliss-reactive ketones (excluding diaryl/α,β-unsaturated/α-hetero) is 1. The highest BCUT2D eigenvalue weighted by molar-refractivity contribution is 7.09. The number of ketones is 1. The average Bonchev–Trinajstić information content (AvgIpc) is 3.83. The lowest BCUT2D eigenvalue weighted by molar-refractivity contribution is -0.149. The number of benzene rings is 1. The summed E-state index contributed by atoms with van der Waals surface area (Å²) in [4.78, 5) is 63.3. The fourth-order valence-electron chi connectivity index (χ4n) is 7.44. The number of amides is 3. The van der Waals surface area contributed by atoms with E-state index in [1.807, 2.05) is 82.2 Å². The van der Waals surface area contributed by atoms with Crippen LogP contribution < -0.4 is 5.32 Å². The van der Waals surface area contributed by atoms with Gasteiger partial charge in [0.05, 0.1) is 42.7 Å². The molecule has 0 spiro atoms. The Morgan fingerprint density at radius 1 is 1.04 bits per heavy atom. The molecule has 1 aliphatic rings. The summed E-state index contributed by atoms with van der Waals surface area (Å²) in [6.45, 7) is 16.2. The van der Waals surface area contributed by atoms with E-state index < -0.39 is 29.5 Å². The van der Waals surface area contributed by atoms with Gasteiger partial charge in [-0.1, -0.05) is 92.1 Å². The minimum absolute atomic E-state index is 0.0318. The minimum atomic E-state index is -0.567. The van der Waals surface area contributed by atoms with Crippen LogP contribution >= 0.6 is 11.3 Å². The number of carbonyl (C=O) groups is 4. The van der Waals surface area contributed by atoms with Gasteiger partial charge in [-0.25, -0.2) is 4.98 Å². The van der Waals surface area contributed by atoms with Crippen LogP contribution in [-0.2, 0) is 35.1 Å². The molecular weight excluding hydrogens is 677 g/mol. The van der Waals surface area contributed by atoms with Gasteiger partial charge in [0.25, 0.3) is 0 Å². The molecule has 2 aromatic rings. The van der Waals surface area contributed by atoms with E-state index in [1.165, 1.54) is 11.3 Å². The molecule has 3 rings (SSSR count). The van der Waals surface area contributed by atoms with E-state index in [2.05, 4.69) is 24.1 Å². The van der Waals surface area contributed by atoms with Gasteiger partial charge in [0.15, 0.2) is 0 Å². The first kappa shape index (κ1) is 43.3. The lowest BCUT2D eigenvalue weighted by atomic mass is 9.80. The molecule has 0 saturated carbocycles.